The minimum atomic E-state index is -1.25. The van der Waals surface area contributed by atoms with E-state index in [9.17, 15) is 24.4 Å². The Labute approximate surface area is 192 Å². The van der Waals surface area contributed by atoms with Crippen LogP contribution in [0.4, 0.5) is 10.5 Å². The van der Waals surface area contributed by atoms with E-state index >= 15 is 0 Å². The average molecular weight is 459 g/mol. The molecule has 0 spiro atoms. The van der Waals surface area contributed by atoms with E-state index in [0.29, 0.717) is 39.0 Å². The number of para-hydroxylation sites is 1. The Hall–Kier alpha value is -3.14. The van der Waals surface area contributed by atoms with Gasteiger partial charge in [0.25, 0.3) is 5.91 Å². The molecule has 2 saturated heterocycles. The molecule has 1 aliphatic carbocycles. The van der Waals surface area contributed by atoms with Crippen LogP contribution in [0.15, 0.2) is 30.3 Å². The van der Waals surface area contributed by atoms with Crippen molar-refractivity contribution in [3.8, 4) is 0 Å². The van der Waals surface area contributed by atoms with E-state index in [4.69, 9.17) is 4.74 Å². The van der Waals surface area contributed by atoms with E-state index in [1.165, 1.54) is 13.8 Å². The third-order valence-corrected chi connectivity index (χ3v) is 6.94. The number of piperazine rings is 1. The first-order valence-corrected chi connectivity index (χ1v) is 11.3. The third kappa shape index (κ3) is 4.39. The van der Waals surface area contributed by atoms with Gasteiger partial charge in [-0.1, -0.05) is 18.2 Å². The minimum absolute atomic E-state index is 0.101. The lowest BCUT2D eigenvalue weighted by molar-refractivity contribution is -0.149. The lowest BCUT2D eigenvalue weighted by Gasteiger charge is -2.41. The monoisotopic (exact) mass is 458 g/mol. The average Bonchev–Trinajstić information content (AvgIpc) is 3.04. The molecule has 3 atom stereocenters. The van der Waals surface area contributed by atoms with Gasteiger partial charge in [-0.3, -0.25) is 19.6 Å². The summed E-state index contributed by atoms with van der Waals surface area (Å²) >= 11 is 0. The predicted molar refractivity (Wildman–Crippen MR) is 117 cm³/mol. The molecule has 3 fully saturated rings. The van der Waals surface area contributed by atoms with Gasteiger partial charge in [0.15, 0.2) is 5.60 Å². The van der Waals surface area contributed by atoms with Crippen LogP contribution in [0.5, 0.6) is 0 Å². The van der Waals surface area contributed by atoms with Crippen LogP contribution < -0.4 is 10.4 Å². The smallest absolute Gasteiger partial charge is 0.417 e. The molecule has 3 aliphatic rings. The summed E-state index contributed by atoms with van der Waals surface area (Å²) in [5.41, 5.74) is 1.51. The number of nitrogens with one attached hydrogen (secondary N) is 1. The van der Waals surface area contributed by atoms with E-state index < -0.39 is 41.4 Å². The lowest BCUT2D eigenvalue weighted by Crippen LogP contribution is -2.55. The van der Waals surface area contributed by atoms with Crippen molar-refractivity contribution in [1.29, 1.82) is 0 Å². The Morgan fingerprint density at radius 2 is 1.70 bits per heavy atom. The molecule has 2 N–H and O–H groups in total. The van der Waals surface area contributed by atoms with Gasteiger partial charge in [-0.05, 0) is 45.2 Å². The number of ether oxygens (including phenoxy) is 1. The van der Waals surface area contributed by atoms with Crippen LogP contribution in [-0.4, -0.2) is 76.6 Å². The fraction of sp³-hybridized carbons (Fsp3) is 0.565. The number of nitrogens with zero attached hydrogens (tertiary/aromatic N) is 3. The zero-order chi connectivity index (χ0) is 23.8. The molecule has 0 bridgehead atoms. The summed E-state index contributed by atoms with van der Waals surface area (Å²) in [7, 11) is 0. The summed E-state index contributed by atoms with van der Waals surface area (Å²) in [5, 5.41) is 9.29. The van der Waals surface area contributed by atoms with Crippen molar-refractivity contribution in [2.45, 2.75) is 44.8 Å². The van der Waals surface area contributed by atoms with E-state index in [1.54, 1.807) is 10.4 Å². The molecule has 1 saturated carbocycles. The van der Waals surface area contributed by atoms with E-state index in [2.05, 4.69) is 4.90 Å². The van der Waals surface area contributed by atoms with Gasteiger partial charge in [0.05, 0.1) is 5.92 Å². The second-order valence-electron chi connectivity index (χ2n) is 9.36. The fourth-order valence-corrected chi connectivity index (χ4v) is 5.11. The first kappa shape index (κ1) is 23.0. The van der Waals surface area contributed by atoms with E-state index in [0.717, 1.165) is 10.6 Å². The summed E-state index contributed by atoms with van der Waals surface area (Å²) in [6.45, 7) is 5.49. The molecule has 33 heavy (non-hydrogen) atoms. The molecule has 178 valence electrons. The summed E-state index contributed by atoms with van der Waals surface area (Å²) in [6.07, 6.45) is 0.0914. The number of carbonyl (C=O) groups is 4. The molecular formula is C23H30N4O6. The number of hydrogen-bond acceptors (Lipinski definition) is 7. The summed E-state index contributed by atoms with van der Waals surface area (Å²) in [6, 6.07) is 9.42. The van der Waals surface area contributed by atoms with Crippen LogP contribution in [0.2, 0.25) is 0 Å². The maximum Gasteiger partial charge on any atom is 0.417 e. The second-order valence-corrected chi connectivity index (χ2v) is 9.36. The quantitative estimate of drug-likeness (QED) is 0.517. The number of cyclic esters (lactones) is 1. The maximum atomic E-state index is 13.4. The van der Waals surface area contributed by atoms with Crippen molar-refractivity contribution in [2.75, 3.05) is 31.1 Å². The van der Waals surface area contributed by atoms with Crippen molar-refractivity contribution in [3.63, 3.8) is 0 Å². The first-order chi connectivity index (χ1) is 15.7. The molecule has 0 radical (unpaired) electrons. The van der Waals surface area contributed by atoms with Gasteiger partial charge in [0.1, 0.15) is 0 Å². The molecule has 1 aromatic rings. The second kappa shape index (κ2) is 9.01. The molecule has 2 aliphatic heterocycles. The Kier molecular flexibility index (Phi) is 6.29. The van der Waals surface area contributed by atoms with Crippen molar-refractivity contribution < 1.29 is 29.1 Å². The van der Waals surface area contributed by atoms with E-state index in [-0.39, 0.29) is 12.3 Å². The number of hydroxylamine groups is 1. The molecule has 2 heterocycles. The van der Waals surface area contributed by atoms with Crippen LogP contribution in [0, 0.1) is 11.8 Å². The van der Waals surface area contributed by atoms with Crippen molar-refractivity contribution >= 4 is 29.5 Å². The topological polar surface area (TPSA) is 119 Å². The number of rotatable bonds is 4. The molecule has 4 amide bonds. The van der Waals surface area contributed by atoms with E-state index in [1.807, 2.05) is 30.3 Å². The Bertz CT molecular complexity index is 928. The number of carbonyl (C=O) groups excluding carboxylic acids is 4. The van der Waals surface area contributed by atoms with Crippen molar-refractivity contribution in [2.24, 2.45) is 11.8 Å². The number of benzene rings is 1. The highest BCUT2D eigenvalue weighted by Gasteiger charge is 2.52. The zero-order valence-corrected chi connectivity index (χ0v) is 18.9. The molecule has 0 aromatic heterocycles. The van der Waals surface area contributed by atoms with Crippen LogP contribution >= 0.6 is 0 Å². The molecule has 4 rings (SSSR count). The Morgan fingerprint density at radius 1 is 1.03 bits per heavy atom. The largest absolute Gasteiger partial charge is 0.433 e. The van der Waals surface area contributed by atoms with Gasteiger partial charge in [-0.2, -0.15) is 0 Å². The van der Waals surface area contributed by atoms with Gasteiger partial charge in [0, 0.05) is 43.8 Å². The predicted octanol–water partition coefficient (Wildman–Crippen LogP) is 1.38. The summed E-state index contributed by atoms with van der Waals surface area (Å²) in [5.74, 6) is -2.75. The molecule has 10 heteroatoms. The standard InChI is InChI=1S/C23H30N4O6/c1-23(2)21(30)27(22(31)33-23)16-8-9-17(18(14-16)19(28)24-32)20(29)26-12-10-25(11-13-26)15-6-4-3-5-7-15/h3-7,16-18,32H,8-14H2,1-2H3,(H,24,28)/t16?,17-,18-/m0/s1. The number of hydrogen-bond donors (Lipinski definition) is 2. The van der Waals surface area contributed by atoms with Gasteiger partial charge in [0.2, 0.25) is 11.8 Å². The van der Waals surface area contributed by atoms with Crippen LogP contribution in [-0.2, 0) is 19.1 Å². The van der Waals surface area contributed by atoms with Gasteiger partial charge in [-0.15, -0.1) is 0 Å². The lowest BCUT2D eigenvalue weighted by atomic mass is 9.75. The highest BCUT2D eigenvalue weighted by atomic mass is 16.6. The molecule has 1 unspecified atom stereocenters. The third-order valence-electron chi connectivity index (χ3n) is 6.94. The summed E-state index contributed by atoms with van der Waals surface area (Å²) in [4.78, 5) is 55.9. The number of anilines is 1. The first-order valence-electron chi connectivity index (χ1n) is 11.3. The van der Waals surface area contributed by atoms with Gasteiger partial charge >= 0.3 is 6.09 Å². The highest BCUT2D eigenvalue weighted by molar-refractivity contribution is 6.02. The fourth-order valence-electron chi connectivity index (χ4n) is 5.11. The number of amides is 4. The normalized spacial score (nSPS) is 27.4. The number of imide groups is 1. The molecule has 10 nitrogen and oxygen atoms in total. The zero-order valence-electron chi connectivity index (χ0n) is 18.9. The van der Waals surface area contributed by atoms with Gasteiger partial charge in [-0.25, -0.2) is 15.2 Å². The molecule has 1 aromatic carbocycles. The van der Waals surface area contributed by atoms with Gasteiger partial charge < -0.3 is 14.5 Å². The maximum absolute atomic E-state index is 13.4. The highest BCUT2D eigenvalue weighted by Crippen LogP contribution is 2.38. The molecular weight excluding hydrogens is 428 g/mol. The van der Waals surface area contributed by atoms with Crippen LogP contribution in [0.3, 0.4) is 0 Å². The van der Waals surface area contributed by atoms with Crippen LogP contribution in [0.25, 0.3) is 0 Å². The summed E-state index contributed by atoms with van der Waals surface area (Å²) < 4.78 is 5.17. The Morgan fingerprint density at radius 3 is 2.27 bits per heavy atom. The Balaban J connectivity index is 1.43. The van der Waals surface area contributed by atoms with Crippen molar-refractivity contribution in [3.05, 3.63) is 30.3 Å². The minimum Gasteiger partial charge on any atom is -0.433 e. The SMILES string of the molecule is CC1(C)OC(=O)N(C2CC[C@H](C(=O)N3CCN(c4ccccc4)CC3)[C@@H](C(=O)NO)C2)C1=O. The van der Waals surface area contributed by atoms with Crippen LogP contribution in [0.1, 0.15) is 33.1 Å². The van der Waals surface area contributed by atoms with Crippen molar-refractivity contribution in [1.82, 2.24) is 15.3 Å².